The Morgan fingerprint density at radius 3 is 2.45 bits per heavy atom. The van der Waals surface area contributed by atoms with E-state index in [1.807, 2.05) is 18.2 Å². The summed E-state index contributed by atoms with van der Waals surface area (Å²) in [5.74, 6) is 0.0940. The molecule has 0 saturated carbocycles. The molecule has 8 nitrogen and oxygen atoms in total. The fraction of sp³-hybridized carbons (Fsp3) is 0.200. The van der Waals surface area contributed by atoms with Crippen LogP contribution in [0.4, 0.5) is 0 Å². The molecular weight excluding hydrogens is 422 g/mol. The molecule has 2 aromatic carbocycles. The zero-order valence-corrected chi connectivity index (χ0v) is 18.3. The molecule has 3 aromatic rings. The lowest BCUT2D eigenvalue weighted by Gasteiger charge is -2.14. The number of hydrogen-bond acceptors (Lipinski definition) is 6. The average Bonchev–Trinajstić information content (AvgIpc) is 3.10. The summed E-state index contributed by atoms with van der Waals surface area (Å²) in [5, 5.41) is 2.80. The maximum atomic E-state index is 12.9. The van der Waals surface area contributed by atoms with Crippen LogP contribution in [0.3, 0.4) is 0 Å². The van der Waals surface area contributed by atoms with Crippen LogP contribution in [0.25, 0.3) is 0 Å². The summed E-state index contributed by atoms with van der Waals surface area (Å²) < 4.78 is 10.6. The Morgan fingerprint density at radius 1 is 0.939 bits per heavy atom. The first-order chi connectivity index (χ1) is 16.0. The molecule has 1 aliphatic heterocycles. The number of methoxy groups -OCH3 is 2. The third-order valence-electron chi connectivity index (χ3n) is 5.48. The van der Waals surface area contributed by atoms with Crippen LogP contribution < -0.4 is 14.8 Å². The minimum Gasteiger partial charge on any atom is -0.493 e. The first-order valence-corrected chi connectivity index (χ1v) is 10.4. The summed E-state index contributed by atoms with van der Waals surface area (Å²) in [6.07, 6.45) is 3.79. The van der Waals surface area contributed by atoms with E-state index in [1.54, 1.807) is 44.8 Å². The third-order valence-corrected chi connectivity index (χ3v) is 5.48. The van der Waals surface area contributed by atoms with E-state index in [0.29, 0.717) is 35.6 Å². The van der Waals surface area contributed by atoms with Crippen molar-refractivity contribution in [3.8, 4) is 11.5 Å². The second-order valence-corrected chi connectivity index (χ2v) is 7.51. The van der Waals surface area contributed by atoms with E-state index >= 15 is 0 Å². The number of hydrogen-bond donors (Lipinski definition) is 1. The van der Waals surface area contributed by atoms with Crippen LogP contribution in [-0.2, 0) is 13.0 Å². The zero-order valence-electron chi connectivity index (χ0n) is 18.3. The van der Waals surface area contributed by atoms with Crippen molar-refractivity contribution >= 4 is 17.7 Å². The summed E-state index contributed by atoms with van der Waals surface area (Å²) >= 11 is 0. The molecule has 2 heterocycles. The number of fused-ring (bicyclic) bond motifs is 1. The van der Waals surface area contributed by atoms with Crippen LogP contribution in [-0.4, -0.2) is 48.4 Å². The highest BCUT2D eigenvalue weighted by molar-refractivity contribution is 6.22. The number of benzene rings is 2. The number of carbonyl (C=O) groups is 3. The van der Waals surface area contributed by atoms with Gasteiger partial charge < -0.3 is 14.8 Å². The predicted octanol–water partition coefficient (Wildman–Crippen LogP) is 2.87. The first-order valence-electron chi connectivity index (χ1n) is 10.4. The van der Waals surface area contributed by atoms with Crippen molar-refractivity contribution in [2.45, 2.75) is 13.0 Å². The molecule has 0 fully saturated rings. The van der Waals surface area contributed by atoms with E-state index in [4.69, 9.17) is 9.47 Å². The van der Waals surface area contributed by atoms with Gasteiger partial charge in [0.15, 0.2) is 11.5 Å². The van der Waals surface area contributed by atoms with Crippen LogP contribution in [0.2, 0.25) is 0 Å². The van der Waals surface area contributed by atoms with Crippen molar-refractivity contribution in [1.82, 2.24) is 15.2 Å². The number of aromatic nitrogens is 1. The van der Waals surface area contributed by atoms with Crippen molar-refractivity contribution in [2.75, 3.05) is 20.8 Å². The lowest BCUT2D eigenvalue weighted by Crippen LogP contribution is -2.31. The van der Waals surface area contributed by atoms with E-state index in [1.165, 1.54) is 17.0 Å². The van der Waals surface area contributed by atoms with Crippen molar-refractivity contribution in [1.29, 1.82) is 0 Å². The maximum absolute atomic E-state index is 12.9. The number of ether oxygens (including phenoxy) is 2. The van der Waals surface area contributed by atoms with Gasteiger partial charge in [0.1, 0.15) is 0 Å². The van der Waals surface area contributed by atoms with Crippen LogP contribution >= 0.6 is 0 Å². The summed E-state index contributed by atoms with van der Waals surface area (Å²) in [5.41, 5.74) is 2.62. The van der Waals surface area contributed by atoms with Crippen LogP contribution in [0, 0.1) is 0 Å². The molecule has 4 rings (SSSR count). The molecular formula is C25H23N3O5. The number of carbonyl (C=O) groups excluding carboxylic acids is 3. The quantitative estimate of drug-likeness (QED) is 0.536. The number of nitrogens with one attached hydrogen (secondary N) is 1. The van der Waals surface area contributed by atoms with Gasteiger partial charge in [-0.2, -0.15) is 0 Å². The Labute approximate surface area is 191 Å². The number of imide groups is 1. The molecule has 0 unspecified atom stereocenters. The van der Waals surface area contributed by atoms with Gasteiger partial charge in [-0.3, -0.25) is 24.3 Å². The third kappa shape index (κ3) is 4.55. The van der Waals surface area contributed by atoms with Crippen LogP contribution in [0.1, 0.15) is 42.2 Å². The van der Waals surface area contributed by atoms with E-state index < -0.39 is 5.91 Å². The molecule has 0 spiro atoms. The molecule has 0 radical (unpaired) electrons. The van der Waals surface area contributed by atoms with Gasteiger partial charge >= 0.3 is 0 Å². The van der Waals surface area contributed by atoms with E-state index in [9.17, 15) is 14.4 Å². The molecule has 1 aliphatic rings. The largest absolute Gasteiger partial charge is 0.493 e. The normalized spacial score (nSPS) is 12.5. The molecule has 1 aromatic heterocycles. The lowest BCUT2D eigenvalue weighted by atomic mass is 10.1. The number of amides is 3. The highest BCUT2D eigenvalue weighted by Gasteiger charge is 2.35. The predicted molar refractivity (Wildman–Crippen MR) is 120 cm³/mol. The minimum absolute atomic E-state index is 0.213. The molecule has 3 amide bonds. The van der Waals surface area contributed by atoms with Gasteiger partial charge in [0, 0.05) is 31.0 Å². The standard InChI is InChI=1S/C25H23N3O5/c1-32-21-8-5-16(12-22(21)33-2)9-11-28-24(30)19-7-6-18(13-20(19)25(28)31)23(29)27-15-17-4-3-10-26-14-17/h3-8,10,12-14H,9,11,15H2,1-2H3,(H,27,29). The minimum atomic E-state index is -0.405. The number of nitrogens with zero attached hydrogens (tertiary/aromatic N) is 2. The van der Waals surface area contributed by atoms with Gasteiger partial charge in [-0.15, -0.1) is 0 Å². The van der Waals surface area contributed by atoms with Crippen LogP contribution in [0.5, 0.6) is 11.5 Å². The van der Waals surface area contributed by atoms with Gasteiger partial charge in [0.2, 0.25) is 0 Å². The van der Waals surface area contributed by atoms with E-state index in [2.05, 4.69) is 10.3 Å². The van der Waals surface area contributed by atoms with Gasteiger partial charge in [-0.05, 0) is 53.9 Å². The smallest absolute Gasteiger partial charge is 0.261 e. The Morgan fingerprint density at radius 2 is 1.73 bits per heavy atom. The second kappa shape index (κ2) is 9.52. The van der Waals surface area contributed by atoms with Crippen LogP contribution in [0.15, 0.2) is 60.9 Å². The molecule has 8 heteroatoms. The SMILES string of the molecule is COc1ccc(CCN2C(=O)c3ccc(C(=O)NCc4cccnc4)cc3C2=O)cc1OC. The highest BCUT2D eigenvalue weighted by Crippen LogP contribution is 2.29. The molecule has 1 N–H and O–H groups in total. The monoisotopic (exact) mass is 445 g/mol. The summed E-state index contributed by atoms with van der Waals surface area (Å²) in [4.78, 5) is 43.5. The van der Waals surface area contributed by atoms with Gasteiger partial charge in [-0.25, -0.2) is 0 Å². The van der Waals surface area contributed by atoms with E-state index in [-0.39, 0.29) is 23.9 Å². The van der Waals surface area contributed by atoms with Crippen molar-refractivity contribution < 1.29 is 23.9 Å². The molecule has 33 heavy (non-hydrogen) atoms. The van der Waals surface area contributed by atoms with Crippen molar-refractivity contribution in [2.24, 2.45) is 0 Å². The Kier molecular flexibility index (Phi) is 6.35. The highest BCUT2D eigenvalue weighted by atomic mass is 16.5. The molecule has 0 atom stereocenters. The molecule has 168 valence electrons. The summed E-state index contributed by atoms with van der Waals surface area (Å²) in [6.45, 7) is 0.526. The topological polar surface area (TPSA) is 97.8 Å². The fourth-order valence-electron chi connectivity index (χ4n) is 3.70. The van der Waals surface area contributed by atoms with Crippen molar-refractivity contribution in [3.63, 3.8) is 0 Å². The van der Waals surface area contributed by atoms with Gasteiger partial charge in [-0.1, -0.05) is 12.1 Å². The zero-order chi connectivity index (χ0) is 23.4. The summed E-state index contributed by atoms with van der Waals surface area (Å²) in [7, 11) is 3.11. The molecule has 0 saturated heterocycles. The molecule has 0 bridgehead atoms. The molecule has 0 aliphatic carbocycles. The number of pyridine rings is 1. The Balaban J connectivity index is 1.44. The Hall–Kier alpha value is -4.20. The maximum Gasteiger partial charge on any atom is 0.261 e. The first kappa shape index (κ1) is 22.0. The average molecular weight is 445 g/mol. The Bertz CT molecular complexity index is 1210. The number of rotatable bonds is 8. The van der Waals surface area contributed by atoms with Gasteiger partial charge in [0.05, 0.1) is 25.3 Å². The summed E-state index contributed by atoms with van der Waals surface area (Å²) in [6, 6.07) is 13.7. The lowest BCUT2D eigenvalue weighted by molar-refractivity contribution is 0.0656. The van der Waals surface area contributed by atoms with E-state index in [0.717, 1.165) is 11.1 Å². The van der Waals surface area contributed by atoms with Crippen molar-refractivity contribution in [3.05, 3.63) is 88.7 Å². The fourth-order valence-corrected chi connectivity index (χ4v) is 3.70. The van der Waals surface area contributed by atoms with Gasteiger partial charge in [0.25, 0.3) is 17.7 Å². The second-order valence-electron chi connectivity index (χ2n) is 7.51.